The van der Waals surface area contributed by atoms with Gasteiger partial charge >= 0.3 is 0 Å². The largest absolute Gasteiger partial charge is 0.351 e. The first kappa shape index (κ1) is 9.47. The summed E-state index contributed by atoms with van der Waals surface area (Å²) >= 11 is 0. The van der Waals surface area contributed by atoms with Gasteiger partial charge in [-0.2, -0.15) is 0 Å². The maximum absolute atomic E-state index is 11.0. The van der Waals surface area contributed by atoms with E-state index in [4.69, 9.17) is 5.73 Å². The minimum absolute atomic E-state index is 0.0298. The Kier molecular flexibility index (Phi) is 2.39. The van der Waals surface area contributed by atoms with Crippen LogP contribution in [0.1, 0.15) is 6.92 Å². The summed E-state index contributed by atoms with van der Waals surface area (Å²) in [6.45, 7) is 1.34. The molecule has 1 rings (SSSR count). The Morgan fingerprint density at radius 3 is 2.42 bits per heavy atom. The summed E-state index contributed by atoms with van der Waals surface area (Å²) in [5, 5.41) is 2.50. The number of nitrogens with two attached hydrogens (primary N) is 1. The molecule has 12 heavy (non-hydrogen) atoms. The highest BCUT2D eigenvalue weighted by atomic mass is 32.2. The van der Waals surface area contributed by atoms with Crippen molar-refractivity contribution in [1.82, 2.24) is 5.32 Å². The minimum atomic E-state index is -3.03. The molecule has 0 aromatic rings. The van der Waals surface area contributed by atoms with E-state index >= 15 is 0 Å². The van der Waals surface area contributed by atoms with Crippen molar-refractivity contribution in [1.29, 1.82) is 0 Å². The van der Waals surface area contributed by atoms with Crippen molar-refractivity contribution in [3.05, 3.63) is 0 Å². The summed E-state index contributed by atoms with van der Waals surface area (Å²) in [5.41, 5.74) is 5.51. The Labute approximate surface area is 71.2 Å². The van der Waals surface area contributed by atoms with Crippen LogP contribution in [0.4, 0.5) is 0 Å². The second-order valence-corrected chi connectivity index (χ2v) is 5.20. The Morgan fingerprint density at radius 1 is 1.50 bits per heavy atom. The van der Waals surface area contributed by atoms with Crippen LogP contribution in [0, 0.1) is 0 Å². The lowest BCUT2D eigenvalue weighted by atomic mass is 10.2. The van der Waals surface area contributed by atoms with Gasteiger partial charge in [-0.1, -0.05) is 0 Å². The monoisotopic (exact) mass is 192 g/mol. The van der Waals surface area contributed by atoms with Crippen molar-refractivity contribution in [2.75, 3.05) is 11.5 Å². The van der Waals surface area contributed by atoms with Crippen molar-refractivity contribution in [2.24, 2.45) is 5.73 Å². The number of rotatable bonds is 1. The van der Waals surface area contributed by atoms with Crippen LogP contribution in [0.2, 0.25) is 0 Å². The molecule has 1 amide bonds. The fourth-order valence-corrected chi connectivity index (χ4v) is 3.12. The number of hydrogen-bond acceptors (Lipinski definition) is 4. The van der Waals surface area contributed by atoms with Crippen LogP contribution in [0.15, 0.2) is 0 Å². The normalized spacial score (nSPS) is 33.2. The fourth-order valence-electron chi connectivity index (χ4n) is 1.28. The molecule has 1 saturated heterocycles. The predicted molar refractivity (Wildman–Crippen MR) is 44.2 cm³/mol. The summed E-state index contributed by atoms with van der Waals surface area (Å²) in [6.07, 6.45) is 0. The van der Waals surface area contributed by atoms with Gasteiger partial charge in [-0.05, 0) is 0 Å². The molecule has 0 spiro atoms. The molecule has 6 heteroatoms. The smallest absolute Gasteiger partial charge is 0.217 e. The van der Waals surface area contributed by atoms with Crippen LogP contribution >= 0.6 is 0 Å². The van der Waals surface area contributed by atoms with E-state index in [9.17, 15) is 13.2 Å². The molecular weight excluding hydrogens is 180 g/mol. The average molecular weight is 192 g/mol. The van der Waals surface area contributed by atoms with Crippen molar-refractivity contribution < 1.29 is 13.2 Å². The highest BCUT2D eigenvalue weighted by Gasteiger charge is 2.35. The SMILES string of the molecule is CC(=O)N[C@H]1CS(=O)(=O)C[C@@H]1N. The lowest BCUT2D eigenvalue weighted by molar-refractivity contribution is -0.119. The van der Waals surface area contributed by atoms with E-state index in [0.717, 1.165) is 0 Å². The molecule has 0 aromatic carbocycles. The minimum Gasteiger partial charge on any atom is -0.351 e. The third kappa shape index (κ3) is 2.18. The molecule has 0 bridgehead atoms. The van der Waals surface area contributed by atoms with E-state index in [1.807, 2.05) is 0 Å². The predicted octanol–water partition coefficient (Wildman–Crippen LogP) is -1.75. The summed E-state index contributed by atoms with van der Waals surface area (Å²) in [6, 6.07) is -0.869. The number of carbonyl (C=O) groups excluding carboxylic acids is 1. The van der Waals surface area contributed by atoms with Crippen molar-refractivity contribution >= 4 is 15.7 Å². The quantitative estimate of drug-likeness (QED) is 0.515. The van der Waals surface area contributed by atoms with Gasteiger partial charge in [0.2, 0.25) is 5.91 Å². The first-order valence-electron chi connectivity index (χ1n) is 3.64. The number of hydrogen-bond donors (Lipinski definition) is 2. The molecule has 1 heterocycles. The van der Waals surface area contributed by atoms with Crippen LogP contribution < -0.4 is 11.1 Å². The summed E-state index contributed by atoms with van der Waals surface area (Å²) in [7, 11) is -3.03. The van der Waals surface area contributed by atoms with Gasteiger partial charge in [-0.25, -0.2) is 8.42 Å². The first-order valence-corrected chi connectivity index (χ1v) is 5.46. The Balaban J connectivity index is 2.64. The van der Waals surface area contributed by atoms with E-state index in [1.54, 1.807) is 0 Å². The molecule has 0 radical (unpaired) electrons. The molecule has 1 fully saturated rings. The molecule has 0 aromatic heterocycles. The fraction of sp³-hybridized carbons (Fsp3) is 0.833. The van der Waals surface area contributed by atoms with Crippen molar-refractivity contribution in [3.8, 4) is 0 Å². The van der Waals surface area contributed by atoms with Gasteiger partial charge in [0.05, 0.1) is 17.5 Å². The van der Waals surface area contributed by atoms with Crippen LogP contribution in [0.25, 0.3) is 0 Å². The van der Waals surface area contributed by atoms with Gasteiger partial charge in [0.15, 0.2) is 9.84 Å². The Bertz CT molecular complexity index is 285. The second kappa shape index (κ2) is 3.02. The van der Waals surface area contributed by atoms with Gasteiger partial charge in [-0.3, -0.25) is 4.79 Å². The van der Waals surface area contributed by atoms with E-state index in [2.05, 4.69) is 5.32 Å². The van der Waals surface area contributed by atoms with E-state index in [0.29, 0.717) is 0 Å². The molecule has 2 atom stereocenters. The Morgan fingerprint density at radius 2 is 2.08 bits per heavy atom. The number of sulfone groups is 1. The summed E-state index contributed by atoms with van der Waals surface area (Å²) in [4.78, 5) is 10.6. The molecule has 5 nitrogen and oxygen atoms in total. The average Bonchev–Trinajstić information content (AvgIpc) is 2.03. The third-order valence-electron chi connectivity index (χ3n) is 1.79. The van der Waals surface area contributed by atoms with Gasteiger partial charge in [-0.15, -0.1) is 0 Å². The van der Waals surface area contributed by atoms with Crippen LogP contribution in [0.3, 0.4) is 0 Å². The zero-order chi connectivity index (χ0) is 9.35. The summed E-state index contributed by atoms with van der Waals surface area (Å²) in [5.74, 6) is -0.307. The van der Waals surface area contributed by atoms with Crippen molar-refractivity contribution in [3.63, 3.8) is 0 Å². The highest BCUT2D eigenvalue weighted by Crippen LogP contribution is 2.10. The number of carbonyl (C=O) groups is 1. The van der Waals surface area contributed by atoms with Gasteiger partial charge in [0.25, 0.3) is 0 Å². The molecule has 1 aliphatic heterocycles. The van der Waals surface area contributed by atoms with Crippen LogP contribution in [-0.4, -0.2) is 37.9 Å². The van der Waals surface area contributed by atoms with Crippen LogP contribution in [-0.2, 0) is 14.6 Å². The molecule has 0 unspecified atom stereocenters. The standard InChI is InChI=1S/C6H12N2O3S/c1-4(9)8-6-3-12(10,11)2-5(6)7/h5-6H,2-3,7H2,1H3,(H,8,9)/t5-,6-/m0/s1. The highest BCUT2D eigenvalue weighted by molar-refractivity contribution is 7.91. The van der Waals surface area contributed by atoms with Gasteiger partial charge < -0.3 is 11.1 Å². The van der Waals surface area contributed by atoms with Crippen molar-refractivity contribution in [2.45, 2.75) is 19.0 Å². The van der Waals surface area contributed by atoms with Gasteiger partial charge in [0, 0.05) is 13.0 Å². The molecule has 3 N–H and O–H groups in total. The lowest BCUT2D eigenvalue weighted by Crippen LogP contribution is -2.45. The molecular formula is C6H12N2O3S. The maximum Gasteiger partial charge on any atom is 0.217 e. The third-order valence-corrected chi connectivity index (χ3v) is 3.55. The number of amides is 1. The van der Waals surface area contributed by atoms with E-state index in [-0.39, 0.29) is 17.4 Å². The lowest BCUT2D eigenvalue weighted by Gasteiger charge is -2.13. The van der Waals surface area contributed by atoms with Crippen LogP contribution in [0.5, 0.6) is 0 Å². The van der Waals surface area contributed by atoms with Gasteiger partial charge in [0.1, 0.15) is 0 Å². The zero-order valence-corrected chi connectivity index (χ0v) is 7.60. The first-order chi connectivity index (χ1) is 5.41. The Hall–Kier alpha value is -0.620. The topological polar surface area (TPSA) is 89.3 Å². The summed E-state index contributed by atoms with van der Waals surface area (Å²) < 4.78 is 22.0. The second-order valence-electron chi connectivity index (χ2n) is 3.05. The molecule has 1 aliphatic rings. The molecule has 70 valence electrons. The molecule has 0 saturated carbocycles. The zero-order valence-electron chi connectivity index (χ0n) is 6.78. The van der Waals surface area contributed by atoms with E-state index < -0.39 is 21.9 Å². The maximum atomic E-state index is 11.0. The van der Waals surface area contributed by atoms with E-state index in [1.165, 1.54) is 6.92 Å². The molecule has 0 aliphatic carbocycles. The number of nitrogens with one attached hydrogen (secondary N) is 1.